The molecule has 0 radical (unpaired) electrons. The van der Waals surface area contributed by atoms with E-state index in [1.807, 2.05) is 20.8 Å². The first-order chi connectivity index (χ1) is 5.37. The molecular weight excluding hydrogens is 170 g/mol. The third kappa shape index (κ3) is 1.87. The van der Waals surface area contributed by atoms with Crippen molar-refractivity contribution in [2.75, 3.05) is 6.61 Å². The zero-order valence-corrected chi connectivity index (χ0v) is 9.47. The molecule has 1 rings (SSSR count). The molecule has 1 aliphatic rings. The van der Waals surface area contributed by atoms with E-state index in [9.17, 15) is 0 Å². The lowest BCUT2D eigenvalue weighted by molar-refractivity contribution is 0.149. The number of nitrogens with zero attached hydrogens (tertiary/aromatic N) is 1. The van der Waals surface area contributed by atoms with E-state index < -0.39 is 8.48 Å². The van der Waals surface area contributed by atoms with Gasteiger partial charge in [0, 0.05) is 0 Å². The molecule has 0 saturated heterocycles. The van der Waals surface area contributed by atoms with Gasteiger partial charge in [0.1, 0.15) is 5.60 Å². The standard InChI is InChI=1S/C8H17NO2Si/c1-6-10-7-8(2,3)11-12(4,5)9-7/h6H2,1-5H3. The molecule has 0 amide bonds. The van der Waals surface area contributed by atoms with Crippen molar-refractivity contribution in [1.29, 1.82) is 0 Å². The lowest BCUT2D eigenvalue weighted by Gasteiger charge is -2.22. The number of ether oxygens (including phenoxy) is 1. The first-order valence-corrected chi connectivity index (χ1v) is 7.16. The normalized spacial score (nSPS) is 25.2. The van der Waals surface area contributed by atoms with Crippen LogP contribution in [0.25, 0.3) is 0 Å². The lowest BCUT2D eigenvalue weighted by Crippen LogP contribution is -2.36. The molecule has 0 aromatic rings. The zero-order valence-electron chi connectivity index (χ0n) is 8.47. The second-order valence-corrected chi connectivity index (χ2v) is 7.23. The van der Waals surface area contributed by atoms with Crippen molar-refractivity contribution >= 4 is 14.4 Å². The molecular formula is C8H17NO2Si. The minimum absolute atomic E-state index is 0.314. The molecule has 0 N–H and O–H groups in total. The van der Waals surface area contributed by atoms with Gasteiger partial charge in [-0.2, -0.15) is 0 Å². The summed E-state index contributed by atoms with van der Waals surface area (Å²) in [5.74, 6) is 0.765. The van der Waals surface area contributed by atoms with Gasteiger partial charge in [0.05, 0.1) is 6.61 Å². The molecule has 12 heavy (non-hydrogen) atoms. The van der Waals surface area contributed by atoms with Crippen LogP contribution in [0.3, 0.4) is 0 Å². The van der Waals surface area contributed by atoms with Gasteiger partial charge in [0.25, 0.3) is 0 Å². The SMILES string of the molecule is CCOC1=N[Si](C)(C)OC1(C)C. The van der Waals surface area contributed by atoms with Gasteiger partial charge in [0.15, 0.2) is 0 Å². The Bertz CT molecular complexity index is 211. The fourth-order valence-electron chi connectivity index (χ4n) is 1.41. The van der Waals surface area contributed by atoms with Crippen LogP contribution < -0.4 is 0 Å². The Labute approximate surface area is 75.0 Å². The van der Waals surface area contributed by atoms with E-state index >= 15 is 0 Å². The molecule has 0 aromatic carbocycles. The lowest BCUT2D eigenvalue weighted by atomic mass is 10.1. The fourth-order valence-corrected chi connectivity index (χ4v) is 3.62. The predicted octanol–water partition coefficient (Wildman–Crippen LogP) is 1.93. The summed E-state index contributed by atoms with van der Waals surface area (Å²) in [6.07, 6.45) is 0. The van der Waals surface area contributed by atoms with E-state index in [1.54, 1.807) is 0 Å². The summed E-state index contributed by atoms with van der Waals surface area (Å²) < 4.78 is 15.7. The Morgan fingerprint density at radius 3 is 2.42 bits per heavy atom. The smallest absolute Gasteiger partial charge is 0.318 e. The molecule has 0 aromatic heterocycles. The number of hydrogen-bond donors (Lipinski definition) is 0. The molecule has 0 unspecified atom stereocenters. The summed E-state index contributed by atoms with van der Waals surface area (Å²) in [6, 6.07) is 0. The van der Waals surface area contributed by atoms with Gasteiger partial charge in [0.2, 0.25) is 5.90 Å². The summed E-state index contributed by atoms with van der Waals surface area (Å²) in [5.41, 5.74) is -0.314. The Balaban J connectivity index is 2.81. The van der Waals surface area contributed by atoms with E-state index in [1.165, 1.54) is 0 Å². The highest BCUT2D eigenvalue weighted by Gasteiger charge is 2.43. The Morgan fingerprint density at radius 1 is 1.50 bits per heavy atom. The maximum absolute atomic E-state index is 5.81. The Morgan fingerprint density at radius 2 is 2.08 bits per heavy atom. The van der Waals surface area contributed by atoms with Gasteiger partial charge < -0.3 is 9.16 Å². The van der Waals surface area contributed by atoms with Crippen molar-refractivity contribution in [3.8, 4) is 0 Å². The summed E-state index contributed by atoms with van der Waals surface area (Å²) >= 11 is 0. The fraction of sp³-hybridized carbons (Fsp3) is 0.875. The summed E-state index contributed by atoms with van der Waals surface area (Å²) in [7, 11) is -1.81. The van der Waals surface area contributed by atoms with E-state index in [4.69, 9.17) is 9.16 Å². The van der Waals surface area contributed by atoms with E-state index in [0.717, 1.165) is 5.90 Å². The van der Waals surface area contributed by atoms with Crippen LogP contribution in [-0.2, 0) is 9.16 Å². The van der Waals surface area contributed by atoms with Crippen molar-refractivity contribution in [1.82, 2.24) is 0 Å². The van der Waals surface area contributed by atoms with Crippen molar-refractivity contribution in [2.24, 2.45) is 4.66 Å². The minimum atomic E-state index is -1.81. The molecule has 0 saturated carbocycles. The topological polar surface area (TPSA) is 30.8 Å². The molecule has 0 spiro atoms. The van der Waals surface area contributed by atoms with Crippen LogP contribution in [0.1, 0.15) is 20.8 Å². The highest BCUT2D eigenvalue weighted by atomic mass is 28.4. The number of rotatable bonds is 1. The third-order valence-electron chi connectivity index (χ3n) is 1.67. The Hall–Kier alpha value is -0.353. The first-order valence-electron chi connectivity index (χ1n) is 4.31. The highest BCUT2D eigenvalue weighted by Crippen LogP contribution is 2.28. The van der Waals surface area contributed by atoms with Gasteiger partial charge in [-0.1, -0.05) is 0 Å². The monoisotopic (exact) mass is 187 g/mol. The molecule has 3 nitrogen and oxygen atoms in total. The van der Waals surface area contributed by atoms with E-state index in [0.29, 0.717) is 6.61 Å². The number of hydrogen-bond acceptors (Lipinski definition) is 3. The largest absolute Gasteiger partial charge is 0.480 e. The Kier molecular flexibility index (Phi) is 2.31. The second-order valence-electron chi connectivity index (χ2n) is 3.91. The van der Waals surface area contributed by atoms with Crippen LogP contribution in [0, 0.1) is 0 Å². The van der Waals surface area contributed by atoms with Crippen LogP contribution in [0.5, 0.6) is 0 Å². The van der Waals surface area contributed by atoms with Crippen molar-refractivity contribution in [2.45, 2.75) is 39.5 Å². The molecule has 0 aliphatic carbocycles. The predicted molar refractivity (Wildman–Crippen MR) is 51.7 cm³/mol. The van der Waals surface area contributed by atoms with Crippen molar-refractivity contribution in [3.05, 3.63) is 0 Å². The van der Waals surface area contributed by atoms with Gasteiger partial charge in [-0.3, -0.25) is 4.66 Å². The van der Waals surface area contributed by atoms with Crippen LogP contribution in [0.15, 0.2) is 4.66 Å². The van der Waals surface area contributed by atoms with Crippen LogP contribution in [0.2, 0.25) is 13.1 Å². The van der Waals surface area contributed by atoms with Gasteiger partial charge in [-0.25, -0.2) is 0 Å². The third-order valence-corrected chi connectivity index (χ3v) is 3.42. The maximum Gasteiger partial charge on any atom is 0.318 e. The second kappa shape index (κ2) is 2.85. The van der Waals surface area contributed by atoms with Crippen LogP contribution in [0.4, 0.5) is 0 Å². The minimum Gasteiger partial charge on any atom is -0.480 e. The van der Waals surface area contributed by atoms with E-state index in [-0.39, 0.29) is 5.60 Å². The summed E-state index contributed by atoms with van der Waals surface area (Å²) in [4.78, 5) is 0. The highest BCUT2D eigenvalue weighted by molar-refractivity contribution is 6.72. The quantitative estimate of drug-likeness (QED) is 0.587. The van der Waals surface area contributed by atoms with Crippen LogP contribution in [-0.4, -0.2) is 26.6 Å². The molecule has 4 heteroatoms. The molecule has 70 valence electrons. The zero-order chi connectivity index (χ0) is 9.41. The molecule has 1 heterocycles. The first kappa shape index (κ1) is 9.73. The molecule has 1 aliphatic heterocycles. The summed E-state index contributed by atoms with van der Waals surface area (Å²) in [6.45, 7) is 10.8. The van der Waals surface area contributed by atoms with Gasteiger partial charge >= 0.3 is 8.48 Å². The van der Waals surface area contributed by atoms with Crippen LogP contribution >= 0.6 is 0 Å². The maximum atomic E-state index is 5.81. The van der Waals surface area contributed by atoms with Crippen molar-refractivity contribution in [3.63, 3.8) is 0 Å². The molecule has 0 fully saturated rings. The van der Waals surface area contributed by atoms with Gasteiger partial charge in [-0.05, 0) is 33.9 Å². The van der Waals surface area contributed by atoms with E-state index in [2.05, 4.69) is 17.8 Å². The molecule has 0 atom stereocenters. The molecule has 0 bridgehead atoms. The average Bonchev–Trinajstić information content (AvgIpc) is 2.01. The van der Waals surface area contributed by atoms with Crippen molar-refractivity contribution < 1.29 is 9.16 Å². The average molecular weight is 187 g/mol. The summed E-state index contributed by atoms with van der Waals surface area (Å²) in [5, 5.41) is 0. The van der Waals surface area contributed by atoms with Gasteiger partial charge in [-0.15, -0.1) is 0 Å².